The van der Waals surface area contributed by atoms with Gasteiger partial charge in [-0.25, -0.2) is 4.39 Å². The monoisotopic (exact) mass is 314 g/mol. The van der Waals surface area contributed by atoms with Gasteiger partial charge in [0.2, 0.25) is 0 Å². The van der Waals surface area contributed by atoms with E-state index in [9.17, 15) is 18.8 Å². The normalized spacial score (nSPS) is 10.0. The highest BCUT2D eigenvalue weighted by Gasteiger charge is 2.14. The summed E-state index contributed by atoms with van der Waals surface area (Å²) in [4.78, 5) is 34.8. The molecule has 5 nitrogen and oxygen atoms in total. The molecule has 0 bridgehead atoms. The summed E-state index contributed by atoms with van der Waals surface area (Å²) in [6.07, 6.45) is 0. The first-order chi connectivity index (χ1) is 11.0. The van der Waals surface area contributed by atoms with Crippen molar-refractivity contribution in [2.45, 2.75) is 13.5 Å². The Bertz CT molecular complexity index is 759. The molecule has 0 spiro atoms. The van der Waals surface area contributed by atoms with Crippen molar-refractivity contribution < 1.29 is 18.8 Å². The van der Waals surface area contributed by atoms with E-state index in [1.54, 1.807) is 24.3 Å². The number of halogens is 1. The standard InChI is InChI=1S/C17H15FN2O3/c1-11(21)12-6-4-7-14(9-12)20-17(23)16(22)19-10-13-5-2-3-8-15(13)18/h2-9H,10H2,1H3,(H,19,22)(H,20,23). The molecule has 0 aliphatic carbocycles. The van der Waals surface area contributed by atoms with E-state index < -0.39 is 17.6 Å². The fraction of sp³-hybridized carbons (Fsp3) is 0.118. The van der Waals surface area contributed by atoms with Crippen LogP contribution in [0.5, 0.6) is 0 Å². The Morgan fingerprint density at radius 2 is 1.74 bits per heavy atom. The summed E-state index contributed by atoms with van der Waals surface area (Å²) in [7, 11) is 0. The van der Waals surface area contributed by atoms with Gasteiger partial charge in [-0.1, -0.05) is 30.3 Å². The minimum Gasteiger partial charge on any atom is -0.344 e. The summed E-state index contributed by atoms with van der Waals surface area (Å²) in [6.45, 7) is 1.31. The number of amides is 2. The molecule has 0 aliphatic heterocycles. The van der Waals surface area contributed by atoms with Crippen LogP contribution >= 0.6 is 0 Å². The summed E-state index contributed by atoms with van der Waals surface area (Å²) < 4.78 is 13.4. The van der Waals surface area contributed by atoms with Crippen LogP contribution in [0.2, 0.25) is 0 Å². The van der Waals surface area contributed by atoms with Gasteiger partial charge in [-0.2, -0.15) is 0 Å². The quantitative estimate of drug-likeness (QED) is 0.671. The average Bonchev–Trinajstić information content (AvgIpc) is 2.54. The molecule has 0 atom stereocenters. The third-order valence-electron chi connectivity index (χ3n) is 3.13. The fourth-order valence-electron chi connectivity index (χ4n) is 1.90. The third kappa shape index (κ3) is 4.47. The fourth-order valence-corrected chi connectivity index (χ4v) is 1.90. The molecule has 0 fully saturated rings. The molecule has 23 heavy (non-hydrogen) atoms. The van der Waals surface area contributed by atoms with Gasteiger partial charge in [0.1, 0.15) is 5.82 Å². The van der Waals surface area contributed by atoms with E-state index >= 15 is 0 Å². The second kappa shape index (κ2) is 7.31. The smallest absolute Gasteiger partial charge is 0.313 e. The third-order valence-corrected chi connectivity index (χ3v) is 3.13. The molecule has 0 saturated heterocycles. The first-order valence-electron chi connectivity index (χ1n) is 6.91. The molecular weight excluding hydrogens is 299 g/mol. The van der Waals surface area contributed by atoms with Crippen molar-refractivity contribution in [3.05, 3.63) is 65.5 Å². The highest BCUT2D eigenvalue weighted by Crippen LogP contribution is 2.11. The SMILES string of the molecule is CC(=O)c1cccc(NC(=O)C(=O)NCc2ccccc2F)c1. The van der Waals surface area contributed by atoms with Gasteiger partial charge in [0.25, 0.3) is 0 Å². The van der Waals surface area contributed by atoms with Gasteiger partial charge in [0, 0.05) is 23.4 Å². The summed E-state index contributed by atoms with van der Waals surface area (Å²) in [5.74, 6) is -2.38. The van der Waals surface area contributed by atoms with E-state index in [2.05, 4.69) is 10.6 Å². The van der Waals surface area contributed by atoms with Crippen molar-refractivity contribution in [2.24, 2.45) is 0 Å². The molecule has 0 aromatic heterocycles. The van der Waals surface area contributed by atoms with Crippen molar-refractivity contribution in [1.29, 1.82) is 0 Å². The summed E-state index contributed by atoms with van der Waals surface area (Å²) in [5, 5.41) is 4.73. The molecule has 118 valence electrons. The highest BCUT2D eigenvalue weighted by atomic mass is 19.1. The Morgan fingerprint density at radius 3 is 2.43 bits per heavy atom. The molecule has 2 rings (SSSR count). The lowest BCUT2D eigenvalue weighted by molar-refractivity contribution is -0.136. The van der Waals surface area contributed by atoms with E-state index in [4.69, 9.17) is 0 Å². The van der Waals surface area contributed by atoms with Crippen molar-refractivity contribution >= 4 is 23.3 Å². The van der Waals surface area contributed by atoms with E-state index in [1.807, 2.05) is 0 Å². The van der Waals surface area contributed by atoms with Gasteiger partial charge in [0.05, 0.1) is 0 Å². The van der Waals surface area contributed by atoms with E-state index in [1.165, 1.54) is 31.2 Å². The number of carbonyl (C=O) groups excluding carboxylic acids is 3. The van der Waals surface area contributed by atoms with E-state index in [-0.39, 0.29) is 17.9 Å². The van der Waals surface area contributed by atoms with Crippen LogP contribution in [-0.2, 0) is 16.1 Å². The van der Waals surface area contributed by atoms with Crippen LogP contribution in [0.4, 0.5) is 10.1 Å². The number of hydrogen-bond acceptors (Lipinski definition) is 3. The summed E-state index contributed by atoms with van der Waals surface area (Å²) in [5.41, 5.74) is 1.05. The average molecular weight is 314 g/mol. The molecule has 0 unspecified atom stereocenters. The lowest BCUT2D eigenvalue weighted by Gasteiger charge is -2.08. The Labute approximate surface area is 132 Å². The lowest BCUT2D eigenvalue weighted by atomic mass is 10.1. The topological polar surface area (TPSA) is 75.3 Å². The number of rotatable bonds is 4. The first kappa shape index (κ1) is 16.4. The minimum atomic E-state index is -0.888. The first-order valence-corrected chi connectivity index (χ1v) is 6.91. The van der Waals surface area contributed by atoms with E-state index in [0.29, 0.717) is 11.3 Å². The Balaban J connectivity index is 1.95. The van der Waals surface area contributed by atoms with Gasteiger partial charge in [-0.3, -0.25) is 14.4 Å². The maximum atomic E-state index is 13.4. The summed E-state index contributed by atoms with van der Waals surface area (Å²) in [6, 6.07) is 12.2. The largest absolute Gasteiger partial charge is 0.344 e. The number of carbonyl (C=O) groups is 3. The number of hydrogen-bond donors (Lipinski definition) is 2. The molecule has 0 aliphatic rings. The summed E-state index contributed by atoms with van der Waals surface area (Å²) >= 11 is 0. The molecule has 2 amide bonds. The van der Waals surface area contributed by atoms with Crippen LogP contribution in [-0.4, -0.2) is 17.6 Å². The number of Topliss-reactive ketones (excluding diaryl/α,β-unsaturated/α-hetero) is 1. The molecule has 6 heteroatoms. The van der Waals surface area contributed by atoms with Crippen LogP contribution in [0.15, 0.2) is 48.5 Å². The van der Waals surface area contributed by atoms with Crippen molar-refractivity contribution in [1.82, 2.24) is 5.32 Å². The molecule has 0 heterocycles. The van der Waals surface area contributed by atoms with Crippen molar-refractivity contribution in [3.8, 4) is 0 Å². The molecule has 0 saturated carbocycles. The second-order valence-corrected chi connectivity index (χ2v) is 4.87. The van der Waals surface area contributed by atoms with Gasteiger partial charge in [0.15, 0.2) is 5.78 Å². The Morgan fingerprint density at radius 1 is 1.00 bits per heavy atom. The van der Waals surface area contributed by atoms with Crippen LogP contribution in [0.25, 0.3) is 0 Å². The zero-order chi connectivity index (χ0) is 16.8. The van der Waals surface area contributed by atoms with Gasteiger partial charge >= 0.3 is 11.8 Å². The number of benzene rings is 2. The molecular formula is C17H15FN2O3. The lowest BCUT2D eigenvalue weighted by Crippen LogP contribution is -2.35. The van der Waals surface area contributed by atoms with Crippen molar-refractivity contribution in [2.75, 3.05) is 5.32 Å². The highest BCUT2D eigenvalue weighted by molar-refractivity contribution is 6.39. The Hall–Kier alpha value is -3.02. The molecule has 0 radical (unpaired) electrons. The molecule has 2 aromatic rings. The van der Waals surface area contributed by atoms with Gasteiger partial charge in [-0.05, 0) is 25.1 Å². The number of anilines is 1. The minimum absolute atomic E-state index is 0.0909. The predicted octanol–water partition coefficient (Wildman–Crippen LogP) is 2.28. The predicted molar refractivity (Wildman–Crippen MR) is 83.3 cm³/mol. The van der Waals surface area contributed by atoms with E-state index in [0.717, 1.165) is 0 Å². The van der Waals surface area contributed by atoms with Crippen LogP contribution in [0.1, 0.15) is 22.8 Å². The molecule has 2 N–H and O–H groups in total. The zero-order valence-electron chi connectivity index (χ0n) is 12.4. The second-order valence-electron chi connectivity index (χ2n) is 4.87. The van der Waals surface area contributed by atoms with Crippen LogP contribution < -0.4 is 10.6 Å². The van der Waals surface area contributed by atoms with Crippen LogP contribution in [0, 0.1) is 5.82 Å². The maximum Gasteiger partial charge on any atom is 0.313 e. The molecule has 2 aromatic carbocycles. The maximum absolute atomic E-state index is 13.4. The zero-order valence-corrected chi connectivity index (χ0v) is 12.4. The van der Waals surface area contributed by atoms with Gasteiger partial charge < -0.3 is 10.6 Å². The van der Waals surface area contributed by atoms with Gasteiger partial charge in [-0.15, -0.1) is 0 Å². The number of nitrogens with one attached hydrogen (secondary N) is 2. The van der Waals surface area contributed by atoms with Crippen LogP contribution in [0.3, 0.4) is 0 Å². The Kier molecular flexibility index (Phi) is 5.19. The number of ketones is 1. The van der Waals surface area contributed by atoms with Crippen molar-refractivity contribution in [3.63, 3.8) is 0 Å².